The van der Waals surface area contributed by atoms with Crippen molar-refractivity contribution in [1.29, 1.82) is 5.26 Å². The Bertz CT molecular complexity index is 669. The summed E-state index contributed by atoms with van der Waals surface area (Å²) in [5.74, 6) is 0. The van der Waals surface area contributed by atoms with Crippen molar-refractivity contribution in [2.75, 3.05) is 11.9 Å². The molecule has 0 aliphatic carbocycles. The topological polar surface area (TPSA) is 44.9 Å². The number of aryl methyl sites for hydroxylation is 2. The summed E-state index contributed by atoms with van der Waals surface area (Å²) < 4.78 is 1.95. The van der Waals surface area contributed by atoms with Crippen molar-refractivity contribution in [3.05, 3.63) is 46.2 Å². The van der Waals surface area contributed by atoms with Crippen LogP contribution in [0.3, 0.4) is 0 Å². The molecule has 4 nitrogen and oxygen atoms in total. The van der Waals surface area contributed by atoms with Gasteiger partial charge in [-0.3, -0.25) is 4.68 Å². The standard InChI is InChI=1S/C16H19ClN4/c1-4-14-16(17)15(21(5-2)19-14)11-20(3)13-8-6-7-12(9-13)10-18/h6-9H,4-5,11H2,1-3H3. The van der Waals surface area contributed by atoms with Gasteiger partial charge >= 0.3 is 0 Å². The van der Waals surface area contributed by atoms with E-state index in [1.165, 1.54) is 0 Å². The number of anilines is 1. The molecular formula is C16H19ClN4. The van der Waals surface area contributed by atoms with E-state index in [1.807, 2.05) is 29.9 Å². The molecule has 1 heterocycles. The van der Waals surface area contributed by atoms with Crippen molar-refractivity contribution in [3.63, 3.8) is 0 Å². The molecule has 1 aromatic carbocycles. The van der Waals surface area contributed by atoms with Gasteiger partial charge < -0.3 is 4.90 Å². The molecule has 0 unspecified atom stereocenters. The second kappa shape index (κ2) is 6.64. The zero-order chi connectivity index (χ0) is 15.4. The molecule has 0 atom stereocenters. The third kappa shape index (κ3) is 3.20. The highest BCUT2D eigenvalue weighted by Gasteiger charge is 2.16. The number of hydrogen-bond donors (Lipinski definition) is 0. The molecule has 110 valence electrons. The van der Waals surface area contributed by atoms with E-state index in [-0.39, 0.29) is 0 Å². The first-order valence-corrected chi connectivity index (χ1v) is 7.43. The van der Waals surface area contributed by atoms with Crippen LogP contribution in [0, 0.1) is 11.3 Å². The summed E-state index contributed by atoms with van der Waals surface area (Å²) in [5, 5.41) is 14.3. The summed E-state index contributed by atoms with van der Waals surface area (Å²) in [7, 11) is 1.99. The highest BCUT2D eigenvalue weighted by molar-refractivity contribution is 6.31. The fraction of sp³-hybridized carbons (Fsp3) is 0.375. The number of hydrogen-bond acceptors (Lipinski definition) is 3. The Balaban J connectivity index is 2.29. The van der Waals surface area contributed by atoms with Gasteiger partial charge in [-0.2, -0.15) is 10.4 Å². The summed E-state index contributed by atoms with van der Waals surface area (Å²) in [6.07, 6.45) is 0.826. The number of rotatable bonds is 5. The van der Waals surface area contributed by atoms with Crippen LogP contribution in [0.15, 0.2) is 24.3 Å². The predicted octanol–water partition coefficient (Wildman–Crippen LogP) is 3.63. The molecule has 1 aromatic heterocycles. The lowest BCUT2D eigenvalue weighted by Gasteiger charge is -2.20. The van der Waals surface area contributed by atoms with Crippen molar-refractivity contribution in [1.82, 2.24) is 9.78 Å². The SMILES string of the molecule is CCc1nn(CC)c(CN(C)c2cccc(C#N)c2)c1Cl. The quantitative estimate of drug-likeness (QED) is 0.847. The maximum Gasteiger partial charge on any atom is 0.0992 e. The van der Waals surface area contributed by atoms with E-state index in [4.69, 9.17) is 16.9 Å². The third-order valence-corrected chi connectivity index (χ3v) is 3.93. The molecule has 5 heteroatoms. The minimum Gasteiger partial charge on any atom is -0.369 e. The average Bonchev–Trinajstić information content (AvgIpc) is 2.83. The Kier molecular flexibility index (Phi) is 4.87. The first-order valence-electron chi connectivity index (χ1n) is 7.06. The van der Waals surface area contributed by atoms with Crippen LogP contribution in [-0.4, -0.2) is 16.8 Å². The first-order chi connectivity index (χ1) is 10.1. The van der Waals surface area contributed by atoms with E-state index in [0.717, 1.165) is 35.1 Å². The molecule has 2 rings (SSSR count). The summed E-state index contributed by atoms with van der Waals surface area (Å²) in [4.78, 5) is 2.08. The number of nitrogens with zero attached hydrogens (tertiary/aromatic N) is 4. The predicted molar refractivity (Wildman–Crippen MR) is 85.6 cm³/mol. The van der Waals surface area contributed by atoms with Gasteiger partial charge in [0.1, 0.15) is 0 Å². The zero-order valence-corrected chi connectivity index (χ0v) is 13.4. The van der Waals surface area contributed by atoms with E-state index in [2.05, 4.69) is 29.9 Å². The van der Waals surface area contributed by atoms with E-state index in [0.29, 0.717) is 12.1 Å². The van der Waals surface area contributed by atoms with E-state index >= 15 is 0 Å². The molecule has 0 saturated heterocycles. The summed E-state index contributed by atoms with van der Waals surface area (Å²) in [6.45, 7) is 5.57. The van der Waals surface area contributed by atoms with Crippen molar-refractivity contribution >= 4 is 17.3 Å². The molecule has 0 spiro atoms. The Morgan fingerprint density at radius 2 is 2.14 bits per heavy atom. The van der Waals surface area contributed by atoms with Gasteiger partial charge in [0.25, 0.3) is 0 Å². The molecule has 0 fully saturated rings. The maximum absolute atomic E-state index is 8.99. The van der Waals surface area contributed by atoms with Crippen LogP contribution in [-0.2, 0) is 19.5 Å². The summed E-state index contributed by atoms with van der Waals surface area (Å²) in [6, 6.07) is 9.72. The lowest BCUT2D eigenvalue weighted by atomic mass is 10.2. The second-order valence-corrected chi connectivity index (χ2v) is 5.27. The zero-order valence-electron chi connectivity index (χ0n) is 12.6. The van der Waals surface area contributed by atoms with Gasteiger partial charge in [0.2, 0.25) is 0 Å². The van der Waals surface area contributed by atoms with Gasteiger partial charge in [-0.1, -0.05) is 24.6 Å². The van der Waals surface area contributed by atoms with Crippen LogP contribution in [0.4, 0.5) is 5.69 Å². The minimum atomic E-state index is 0.656. The van der Waals surface area contributed by atoms with Crippen LogP contribution < -0.4 is 4.90 Å². The van der Waals surface area contributed by atoms with E-state index in [9.17, 15) is 0 Å². The minimum absolute atomic E-state index is 0.656. The van der Waals surface area contributed by atoms with Gasteiger partial charge in [-0.15, -0.1) is 0 Å². The summed E-state index contributed by atoms with van der Waals surface area (Å²) >= 11 is 6.44. The Morgan fingerprint density at radius 1 is 1.38 bits per heavy atom. The third-order valence-electron chi connectivity index (χ3n) is 3.50. The highest BCUT2D eigenvalue weighted by atomic mass is 35.5. The summed E-state index contributed by atoms with van der Waals surface area (Å²) in [5.41, 5.74) is 3.60. The van der Waals surface area contributed by atoms with Crippen LogP contribution in [0.5, 0.6) is 0 Å². The average molecular weight is 303 g/mol. The van der Waals surface area contributed by atoms with Gasteiger partial charge in [-0.05, 0) is 31.5 Å². The fourth-order valence-corrected chi connectivity index (χ4v) is 2.63. The molecule has 0 saturated carbocycles. The molecule has 21 heavy (non-hydrogen) atoms. The number of nitriles is 1. The molecule has 0 aliphatic rings. The van der Waals surface area contributed by atoms with Crippen molar-refractivity contribution in [3.8, 4) is 6.07 Å². The lowest BCUT2D eigenvalue weighted by molar-refractivity contribution is 0.610. The second-order valence-electron chi connectivity index (χ2n) is 4.89. The van der Waals surface area contributed by atoms with E-state index in [1.54, 1.807) is 6.07 Å². The van der Waals surface area contributed by atoms with Crippen LogP contribution in [0.1, 0.15) is 30.8 Å². The Labute approximate surface area is 130 Å². The number of benzene rings is 1. The van der Waals surface area contributed by atoms with Crippen molar-refractivity contribution in [2.24, 2.45) is 0 Å². The Morgan fingerprint density at radius 3 is 2.76 bits per heavy atom. The van der Waals surface area contributed by atoms with Crippen molar-refractivity contribution in [2.45, 2.75) is 33.4 Å². The number of aromatic nitrogens is 2. The van der Waals surface area contributed by atoms with Gasteiger partial charge in [0, 0.05) is 19.3 Å². The molecule has 0 aliphatic heterocycles. The van der Waals surface area contributed by atoms with Crippen LogP contribution in [0.2, 0.25) is 5.02 Å². The number of halogens is 1. The molecule has 0 bridgehead atoms. The molecular weight excluding hydrogens is 284 g/mol. The van der Waals surface area contributed by atoms with Crippen LogP contribution in [0.25, 0.3) is 0 Å². The van der Waals surface area contributed by atoms with Gasteiger partial charge in [-0.25, -0.2) is 0 Å². The largest absolute Gasteiger partial charge is 0.369 e. The van der Waals surface area contributed by atoms with Crippen molar-refractivity contribution < 1.29 is 0 Å². The maximum atomic E-state index is 8.99. The van der Waals surface area contributed by atoms with E-state index < -0.39 is 0 Å². The lowest BCUT2D eigenvalue weighted by Crippen LogP contribution is -2.19. The van der Waals surface area contributed by atoms with Gasteiger partial charge in [0.15, 0.2) is 0 Å². The normalized spacial score (nSPS) is 10.4. The smallest absolute Gasteiger partial charge is 0.0992 e. The molecule has 0 radical (unpaired) electrons. The molecule has 0 N–H and O–H groups in total. The Hall–Kier alpha value is -1.99. The fourth-order valence-electron chi connectivity index (χ4n) is 2.30. The van der Waals surface area contributed by atoms with Gasteiger partial charge in [0.05, 0.1) is 34.6 Å². The molecule has 2 aromatic rings. The highest BCUT2D eigenvalue weighted by Crippen LogP contribution is 2.25. The monoisotopic (exact) mass is 302 g/mol. The molecule has 0 amide bonds. The first kappa shape index (κ1) is 15.4. The van der Waals surface area contributed by atoms with Crippen LogP contribution >= 0.6 is 11.6 Å².